The Morgan fingerprint density at radius 3 is 2.59 bits per heavy atom. The van der Waals surface area contributed by atoms with E-state index in [0.29, 0.717) is 5.56 Å². The molecule has 0 aromatic heterocycles. The van der Waals surface area contributed by atoms with Crippen LogP contribution in [-0.4, -0.2) is 28.9 Å². The second-order valence-electron chi connectivity index (χ2n) is 6.82. The van der Waals surface area contributed by atoms with Crippen LogP contribution in [0.2, 0.25) is 5.02 Å². The Labute approximate surface area is 168 Å². The first-order valence-corrected chi connectivity index (χ1v) is 9.08. The van der Waals surface area contributed by atoms with Crippen LogP contribution in [0.3, 0.4) is 0 Å². The molecule has 0 radical (unpaired) electrons. The van der Waals surface area contributed by atoms with E-state index < -0.39 is 34.8 Å². The van der Waals surface area contributed by atoms with Crippen LogP contribution in [0.1, 0.15) is 24.0 Å². The standard InChI is InChI=1S/C20H16ClF4NO3/c21-14-8-12(9-15(22)11-14)4-5-17(27)19(29)6-7-26(18(19)28)16-3-1-2-13(10-16)20(23,24)25/h1-3,8-11,29H,4-7H2/t19-/m0/s1. The van der Waals surface area contributed by atoms with E-state index >= 15 is 0 Å². The first kappa shape index (κ1) is 21.3. The summed E-state index contributed by atoms with van der Waals surface area (Å²) in [4.78, 5) is 26.1. The number of hydrogen-bond donors (Lipinski definition) is 1. The highest BCUT2D eigenvalue weighted by Crippen LogP contribution is 2.35. The minimum atomic E-state index is -4.59. The van der Waals surface area contributed by atoms with E-state index in [2.05, 4.69) is 0 Å². The number of ketones is 1. The van der Waals surface area contributed by atoms with E-state index in [1.807, 2.05) is 0 Å². The van der Waals surface area contributed by atoms with E-state index in [1.54, 1.807) is 0 Å². The van der Waals surface area contributed by atoms with E-state index in [9.17, 15) is 32.3 Å². The SMILES string of the molecule is O=C(CCc1cc(F)cc(Cl)c1)[C@@]1(O)CCN(c2cccc(C(F)(F)F)c2)C1=O. The Bertz CT molecular complexity index is 943. The van der Waals surface area contributed by atoms with Gasteiger partial charge in [0.15, 0.2) is 5.78 Å². The van der Waals surface area contributed by atoms with Crippen molar-refractivity contribution in [1.82, 2.24) is 0 Å². The van der Waals surface area contributed by atoms with Crippen LogP contribution in [0, 0.1) is 5.82 Å². The normalized spacial score (nSPS) is 19.7. The molecule has 2 aromatic carbocycles. The Morgan fingerprint density at radius 1 is 1.21 bits per heavy atom. The maximum absolute atomic E-state index is 13.4. The summed E-state index contributed by atoms with van der Waals surface area (Å²) in [6.45, 7) is -0.103. The van der Waals surface area contributed by atoms with Crippen LogP contribution in [-0.2, 0) is 22.2 Å². The van der Waals surface area contributed by atoms with Crippen LogP contribution in [0.4, 0.5) is 23.2 Å². The Morgan fingerprint density at radius 2 is 1.93 bits per heavy atom. The number of Topliss-reactive ketones (excluding diaryl/α,β-unsaturated/α-hetero) is 1. The molecule has 1 atom stereocenters. The summed E-state index contributed by atoms with van der Waals surface area (Å²) in [5, 5.41) is 10.8. The molecule has 9 heteroatoms. The van der Waals surface area contributed by atoms with E-state index in [4.69, 9.17) is 11.6 Å². The van der Waals surface area contributed by atoms with Gasteiger partial charge in [-0.1, -0.05) is 17.7 Å². The summed E-state index contributed by atoms with van der Waals surface area (Å²) < 4.78 is 52.1. The molecule has 1 amide bonds. The average molecular weight is 430 g/mol. The van der Waals surface area contributed by atoms with Gasteiger partial charge >= 0.3 is 6.18 Å². The maximum Gasteiger partial charge on any atom is 0.416 e. The predicted molar refractivity (Wildman–Crippen MR) is 98.1 cm³/mol. The van der Waals surface area contributed by atoms with Crippen molar-refractivity contribution in [2.75, 3.05) is 11.4 Å². The molecule has 1 heterocycles. The number of aryl methyl sites for hydroxylation is 1. The number of carbonyl (C=O) groups is 2. The lowest BCUT2D eigenvalue weighted by Crippen LogP contribution is -2.47. The van der Waals surface area contributed by atoms with Gasteiger partial charge in [0.2, 0.25) is 5.60 Å². The predicted octanol–water partition coefficient (Wildman–Crippen LogP) is 4.17. The number of benzene rings is 2. The lowest BCUT2D eigenvalue weighted by molar-refractivity contribution is -0.147. The molecule has 1 saturated heterocycles. The van der Waals surface area contributed by atoms with Gasteiger partial charge in [-0.05, 0) is 48.4 Å². The summed E-state index contributed by atoms with van der Waals surface area (Å²) in [6.07, 6.45) is -5.03. The fraction of sp³-hybridized carbons (Fsp3) is 0.300. The molecule has 0 aliphatic carbocycles. The third-order valence-electron chi connectivity index (χ3n) is 4.81. The van der Waals surface area contributed by atoms with Crippen LogP contribution < -0.4 is 4.90 Å². The van der Waals surface area contributed by atoms with Gasteiger partial charge in [0, 0.05) is 30.1 Å². The van der Waals surface area contributed by atoms with Crippen molar-refractivity contribution < 1.29 is 32.3 Å². The molecule has 1 N–H and O–H groups in total. The van der Waals surface area contributed by atoms with Crippen molar-refractivity contribution in [3.05, 3.63) is 64.4 Å². The first-order chi connectivity index (χ1) is 13.5. The second kappa shape index (κ2) is 7.76. The highest BCUT2D eigenvalue weighted by Gasteiger charge is 2.51. The van der Waals surface area contributed by atoms with Crippen molar-refractivity contribution in [1.29, 1.82) is 0 Å². The second-order valence-corrected chi connectivity index (χ2v) is 7.25. The van der Waals surface area contributed by atoms with E-state index in [0.717, 1.165) is 29.2 Å². The molecule has 2 aromatic rings. The van der Waals surface area contributed by atoms with Gasteiger partial charge in [0.25, 0.3) is 5.91 Å². The molecule has 1 aliphatic rings. The lowest BCUT2D eigenvalue weighted by atomic mass is 9.92. The molecule has 0 unspecified atom stereocenters. The molecule has 0 bridgehead atoms. The van der Waals surface area contributed by atoms with Crippen molar-refractivity contribution in [2.45, 2.75) is 31.0 Å². The third kappa shape index (κ3) is 4.43. The number of anilines is 1. The molecule has 4 nitrogen and oxygen atoms in total. The van der Waals surface area contributed by atoms with Gasteiger partial charge < -0.3 is 10.0 Å². The molecule has 1 fully saturated rings. The molecule has 29 heavy (non-hydrogen) atoms. The summed E-state index contributed by atoms with van der Waals surface area (Å²) in [7, 11) is 0. The number of aliphatic hydroxyl groups is 1. The zero-order valence-electron chi connectivity index (χ0n) is 15.0. The Hall–Kier alpha value is -2.45. The largest absolute Gasteiger partial charge is 0.416 e. The summed E-state index contributed by atoms with van der Waals surface area (Å²) in [5.74, 6) is -2.33. The topological polar surface area (TPSA) is 57.6 Å². The third-order valence-corrected chi connectivity index (χ3v) is 5.02. The maximum atomic E-state index is 13.4. The molecule has 0 spiro atoms. The molecule has 3 rings (SSSR count). The lowest BCUT2D eigenvalue weighted by Gasteiger charge is -2.22. The van der Waals surface area contributed by atoms with Crippen LogP contribution in [0.5, 0.6) is 0 Å². The average Bonchev–Trinajstić information content (AvgIpc) is 2.94. The fourth-order valence-electron chi connectivity index (χ4n) is 3.28. The van der Waals surface area contributed by atoms with Gasteiger partial charge in [0.05, 0.1) is 5.56 Å². The fourth-order valence-corrected chi connectivity index (χ4v) is 3.52. The van der Waals surface area contributed by atoms with E-state index in [-0.39, 0.29) is 36.5 Å². The smallest absolute Gasteiger partial charge is 0.373 e. The molecule has 1 aliphatic heterocycles. The quantitative estimate of drug-likeness (QED) is 0.573. The van der Waals surface area contributed by atoms with Gasteiger partial charge in [-0.3, -0.25) is 9.59 Å². The van der Waals surface area contributed by atoms with Crippen LogP contribution >= 0.6 is 11.6 Å². The van der Waals surface area contributed by atoms with E-state index in [1.165, 1.54) is 18.2 Å². The number of hydrogen-bond acceptors (Lipinski definition) is 3. The van der Waals surface area contributed by atoms with Crippen LogP contribution in [0.25, 0.3) is 0 Å². The van der Waals surface area contributed by atoms with Crippen molar-refractivity contribution >= 4 is 29.0 Å². The van der Waals surface area contributed by atoms with Crippen molar-refractivity contribution in [2.24, 2.45) is 0 Å². The minimum Gasteiger partial charge on any atom is -0.373 e. The zero-order valence-corrected chi connectivity index (χ0v) is 15.7. The zero-order chi connectivity index (χ0) is 21.4. The summed E-state index contributed by atoms with van der Waals surface area (Å²) >= 11 is 5.76. The molecule has 154 valence electrons. The highest BCUT2D eigenvalue weighted by molar-refractivity contribution is 6.30. The molecular formula is C20H16ClF4NO3. The number of amides is 1. The first-order valence-electron chi connectivity index (χ1n) is 8.70. The monoisotopic (exact) mass is 429 g/mol. The minimum absolute atomic E-state index is 0.0505. The van der Waals surface area contributed by atoms with Crippen LogP contribution in [0.15, 0.2) is 42.5 Å². The molecular weight excluding hydrogens is 414 g/mol. The number of halogens is 5. The summed E-state index contributed by atoms with van der Waals surface area (Å²) in [6, 6.07) is 7.88. The molecule has 0 saturated carbocycles. The van der Waals surface area contributed by atoms with Gasteiger partial charge in [-0.2, -0.15) is 13.2 Å². The van der Waals surface area contributed by atoms with Gasteiger partial charge in [0.1, 0.15) is 5.82 Å². The number of alkyl halides is 3. The Kier molecular flexibility index (Phi) is 5.69. The number of carbonyl (C=O) groups excluding carboxylic acids is 2. The van der Waals surface area contributed by atoms with Crippen molar-refractivity contribution in [3.8, 4) is 0 Å². The summed E-state index contributed by atoms with van der Waals surface area (Å²) in [5.41, 5.74) is -2.89. The Balaban J connectivity index is 1.74. The number of rotatable bonds is 5. The highest BCUT2D eigenvalue weighted by atomic mass is 35.5. The van der Waals surface area contributed by atoms with Crippen molar-refractivity contribution in [3.63, 3.8) is 0 Å². The van der Waals surface area contributed by atoms with Gasteiger partial charge in [-0.25, -0.2) is 4.39 Å². The number of nitrogens with zero attached hydrogens (tertiary/aromatic N) is 1. The van der Waals surface area contributed by atoms with Gasteiger partial charge in [-0.15, -0.1) is 0 Å².